The Bertz CT molecular complexity index is 2120. The molecule has 0 unspecified atom stereocenters. The summed E-state index contributed by atoms with van der Waals surface area (Å²) >= 11 is 1.80. The van der Waals surface area contributed by atoms with Gasteiger partial charge in [-0.25, -0.2) is 4.98 Å². The van der Waals surface area contributed by atoms with E-state index in [-0.39, 0.29) is 5.75 Å². The van der Waals surface area contributed by atoms with Crippen molar-refractivity contribution in [1.29, 1.82) is 0 Å². The van der Waals surface area contributed by atoms with Gasteiger partial charge in [-0.15, -0.1) is 11.3 Å². The van der Waals surface area contributed by atoms with Gasteiger partial charge in [0.1, 0.15) is 5.75 Å². The number of pyridine rings is 1. The van der Waals surface area contributed by atoms with Crippen molar-refractivity contribution < 1.29 is 5.11 Å². The van der Waals surface area contributed by atoms with Crippen LogP contribution in [0.1, 0.15) is 0 Å². The van der Waals surface area contributed by atoms with Gasteiger partial charge in [0.15, 0.2) is 5.65 Å². The molecule has 0 bridgehead atoms. The minimum Gasteiger partial charge on any atom is -0.508 e. The van der Waals surface area contributed by atoms with Crippen LogP contribution in [0.4, 0.5) is 0 Å². The second kappa shape index (κ2) is 6.81. The molecule has 3 nitrogen and oxygen atoms in total. The quantitative estimate of drug-likeness (QED) is 0.246. The molecule has 3 aromatic heterocycles. The summed E-state index contributed by atoms with van der Waals surface area (Å²) in [5.41, 5.74) is 5.19. The highest BCUT2D eigenvalue weighted by molar-refractivity contribution is 7.26. The van der Waals surface area contributed by atoms with Gasteiger partial charge in [-0.1, -0.05) is 48.5 Å². The maximum Gasteiger partial charge on any atom is 0.156 e. The summed E-state index contributed by atoms with van der Waals surface area (Å²) in [7, 11) is 0. The van der Waals surface area contributed by atoms with Crippen molar-refractivity contribution in [2.75, 3.05) is 0 Å². The van der Waals surface area contributed by atoms with Crippen LogP contribution in [-0.4, -0.2) is 14.5 Å². The van der Waals surface area contributed by atoms with Crippen molar-refractivity contribution in [1.82, 2.24) is 9.38 Å². The minimum absolute atomic E-state index is 0.264. The zero-order valence-electron chi connectivity index (χ0n) is 18.6. The van der Waals surface area contributed by atoms with Crippen LogP contribution in [0.2, 0.25) is 0 Å². The van der Waals surface area contributed by atoms with E-state index in [0.717, 1.165) is 33.3 Å². The summed E-state index contributed by atoms with van der Waals surface area (Å²) in [6.07, 6.45) is 0. The molecule has 0 amide bonds. The number of hydrogen-bond donors (Lipinski definition) is 1. The molecule has 0 fully saturated rings. The van der Waals surface area contributed by atoms with E-state index < -0.39 is 0 Å². The summed E-state index contributed by atoms with van der Waals surface area (Å²) < 4.78 is 4.74. The normalized spacial score (nSPS) is 12.1. The lowest BCUT2D eigenvalue weighted by Gasteiger charge is -2.09. The molecule has 0 spiro atoms. The summed E-state index contributed by atoms with van der Waals surface area (Å²) in [5.74, 6) is 0.264. The van der Waals surface area contributed by atoms with Crippen LogP contribution < -0.4 is 0 Å². The van der Waals surface area contributed by atoms with Gasteiger partial charge in [-0.3, -0.25) is 4.40 Å². The molecule has 3 heterocycles. The Kier molecular flexibility index (Phi) is 3.69. The van der Waals surface area contributed by atoms with Gasteiger partial charge in [0.2, 0.25) is 0 Å². The van der Waals surface area contributed by atoms with Gasteiger partial charge in [0.05, 0.1) is 21.4 Å². The van der Waals surface area contributed by atoms with Crippen molar-refractivity contribution in [3.8, 4) is 17.0 Å². The Morgan fingerprint density at radius 3 is 2.29 bits per heavy atom. The third kappa shape index (κ3) is 2.63. The van der Waals surface area contributed by atoms with E-state index in [2.05, 4.69) is 83.3 Å². The molecule has 0 aliphatic heterocycles. The molecule has 0 atom stereocenters. The molecule has 0 aliphatic rings. The van der Waals surface area contributed by atoms with Crippen LogP contribution in [-0.2, 0) is 0 Å². The molecule has 0 radical (unpaired) electrons. The molecule has 5 aromatic carbocycles. The molecule has 0 saturated heterocycles. The summed E-state index contributed by atoms with van der Waals surface area (Å²) in [4.78, 5) is 5.30. The SMILES string of the molecule is Oc1ccc(-c2cc3c4ccccc4sc3c3nc4c5cc6ccccc6cc5ccc4n23)cc1. The number of hydrogen-bond acceptors (Lipinski definition) is 3. The molecule has 0 aliphatic carbocycles. The first-order valence-corrected chi connectivity index (χ1v) is 12.4. The molecule has 35 heavy (non-hydrogen) atoms. The number of phenols is 1. The van der Waals surface area contributed by atoms with Crippen molar-refractivity contribution in [2.24, 2.45) is 0 Å². The molecule has 0 saturated carbocycles. The number of rotatable bonds is 1. The number of aromatic hydroxyl groups is 1. The highest BCUT2D eigenvalue weighted by Crippen LogP contribution is 2.41. The third-order valence-electron chi connectivity index (χ3n) is 7.03. The molecular weight excluding hydrogens is 448 g/mol. The fourth-order valence-electron chi connectivity index (χ4n) is 5.37. The Hall–Kier alpha value is -4.41. The van der Waals surface area contributed by atoms with E-state index in [1.807, 2.05) is 12.1 Å². The van der Waals surface area contributed by atoms with E-state index in [1.165, 1.54) is 36.3 Å². The van der Waals surface area contributed by atoms with Crippen molar-refractivity contribution in [3.63, 3.8) is 0 Å². The lowest BCUT2D eigenvalue weighted by molar-refractivity contribution is 0.475. The lowest BCUT2D eigenvalue weighted by Crippen LogP contribution is -1.92. The Morgan fingerprint density at radius 1 is 0.657 bits per heavy atom. The standard InChI is InChI=1S/C31H18N2OS/c34-22-12-9-18(10-13-22)27-17-25-23-7-3-4-8-28(23)35-30(25)31-32-29-24-16-20-6-2-1-5-19(20)15-21(24)11-14-26(29)33(27)31/h1-17,34H. The number of thiophene rings is 1. The number of imidazole rings is 1. The molecule has 8 rings (SSSR count). The van der Waals surface area contributed by atoms with Crippen LogP contribution in [0.5, 0.6) is 5.75 Å². The predicted octanol–water partition coefficient (Wildman–Crippen LogP) is 8.53. The monoisotopic (exact) mass is 466 g/mol. The van der Waals surface area contributed by atoms with E-state index in [4.69, 9.17) is 4.98 Å². The van der Waals surface area contributed by atoms with Gasteiger partial charge in [0, 0.05) is 20.9 Å². The van der Waals surface area contributed by atoms with Crippen molar-refractivity contribution in [3.05, 3.63) is 103 Å². The second-order valence-corrected chi connectivity index (χ2v) is 10.1. The van der Waals surface area contributed by atoms with E-state index in [0.29, 0.717) is 0 Å². The maximum atomic E-state index is 9.92. The zero-order chi connectivity index (χ0) is 23.1. The van der Waals surface area contributed by atoms with Gasteiger partial charge >= 0.3 is 0 Å². The molecule has 1 N–H and O–H groups in total. The van der Waals surface area contributed by atoms with Crippen molar-refractivity contribution in [2.45, 2.75) is 0 Å². The lowest BCUT2D eigenvalue weighted by atomic mass is 10.0. The van der Waals surface area contributed by atoms with E-state index >= 15 is 0 Å². The van der Waals surface area contributed by atoms with Gasteiger partial charge < -0.3 is 5.11 Å². The fraction of sp³-hybridized carbons (Fsp3) is 0. The average Bonchev–Trinajstić information content (AvgIpc) is 3.47. The Labute approximate surface area is 204 Å². The Balaban J connectivity index is 1.60. The number of fused-ring (bicyclic) bond motifs is 10. The number of aromatic nitrogens is 2. The third-order valence-corrected chi connectivity index (χ3v) is 8.21. The summed E-state index contributed by atoms with van der Waals surface area (Å²) in [6.45, 7) is 0. The summed E-state index contributed by atoms with van der Waals surface area (Å²) in [6, 6.07) is 35.7. The first kappa shape index (κ1) is 19.0. The van der Waals surface area contributed by atoms with Gasteiger partial charge in [0.25, 0.3) is 0 Å². The maximum absolute atomic E-state index is 9.92. The largest absolute Gasteiger partial charge is 0.508 e. The Morgan fingerprint density at radius 2 is 1.43 bits per heavy atom. The zero-order valence-corrected chi connectivity index (χ0v) is 19.4. The first-order chi connectivity index (χ1) is 17.2. The van der Waals surface area contributed by atoms with Crippen LogP contribution in [0.15, 0.2) is 103 Å². The number of phenolic OH excluding ortho intramolecular Hbond substituents is 1. The number of benzene rings is 5. The van der Waals surface area contributed by atoms with Crippen molar-refractivity contribution >= 4 is 69.7 Å². The van der Waals surface area contributed by atoms with Crippen LogP contribution in [0.25, 0.3) is 69.7 Å². The molecular formula is C31H18N2OS. The van der Waals surface area contributed by atoms with E-state index in [9.17, 15) is 5.11 Å². The highest BCUT2D eigenvalue weighted by atomic mass is 32.1. The topological polar surface area (TPSA) is 37.5 Å². The molecule has 164 valence electrons. The van der Waals surface area contributed by atoms with Crippen LogP contribution in [0, 0.1) is 0 Å². The highest BCUT2D eigenvalue weighted by Gasteiger charge is 2.18. The van der Waals surface area contributed by atoms with Crippen LogP contribution >= 0.6 is 11.3 Å². The fourth-order valence-corrected chi connectivity index (χ4v) is 6.53. The minimum atomic E-state index is 0.264. The smallest absolute Gasteiger partial charge is 0.156 e. The predicted molar refractivity (Wildman–Crippen MR) is 148 cm³/mol. The second-order valence-electron chi connectivity index (χ2n) is 9.04. The number of nitrogens with zero attached hydrogens (tertiary/aromatic N) is 2. The first-order valence-electron chi connectivity index (χ1n) is 11.6. The average molecular weight is 467 g/mol. The van der Waals surface area contributed by atoms with Gasteiger partial charge in [-0.2, -0.15) is 0 Å². The molecule has 8 aromatic rings. The van der Waals surface area contributed by atoms with Gasteiger partial charge in [-0.05, 0) is 76.3 Å². The summed E-state index contributed by atoms with van der Waals surface area (Å²) in [5, 5.41) is 17.2. The van der Waals surface area contributed by atoms with E-state index in [1.54, 1.807) is 23.5 Å². The molecule has 4 heteroatoms. The van der Waals surface area contributed by atoms with Crippen LogP contribution in [0.3, 0.4) is 0 Å².